The quantitative estimate of drug-likeness (QED) is 0.731. The van der Waals surface area contributed by atoms with Gasteiger partial charge in [0, 0.05) is 11.1 Å². The Morgan fingerprint density at radius 2 is 2.00 bits per heavy atom. The molecule has 0 heterocycles. The number of hydrogen-bond donors (Lipinski definition) is 0. The van der Waals surface area contributed by atoms with Crippen LogP contribution in [0.25, 0.3) is 0 Å². The lowest BCUT2D eigenvalue weighted by Gasteiger charge is -2.14. The Labute approximate surface area is 93.6 Å². The zero-order valence-electron chi connectivity index (χ0n) is 9.05. The molecule has 4 heteroatoms. The van der Waals surface area contributed by atoms with Crippen molar-refractivity contribution in [1.29, 1.82) is 0 Å². The molecule has 1 unspecified atom stereocenters. The number of hydrogen-bond acceptors (Lipinski definition) is 3. The van der Waals surface area contributed by atoms with Crippen LogP contribution in [0.3, 0.4) is 0 Å². The van der Waals surface area contributed by atoms with E-state index in [-0.39, 0.29) is 5.92 Å². The van der Waals surface area contributed by atoms with Crippen LogP contribution in [0.5, 0.6) is 5.75 Å². The zero-order valence-corrected chi connectivity index (χ0v) is 9.05. The fourth-order valence-electron chi connectivity index (χ4n) is 1.56. The first kappa shape index (κ1) is 10.8. The summed E-state index contributed by atoms with van der Waals surface area (Å²) in [7, 11) is 0. The molecule has 1 amide bonds. The van der Waals surface area contributed by atoms with Gasteiger partial charge in [-0.1, -0.05) is 17.7 Å². The SMILES string of the molecule is Cc1ccc(OC(C(=O)N=O)C2CC2)cc1. The monoisotopic (exact) mass is 219 g/mol. The van der Waals surface area contributed by atoms with Crippen LogP contribution in [0.2, 0.25) is 0 Å². The maximum absolute atomic E-state index is 11.3. The maximum Gasteiger partial charge on any atom is 0.326 e. The lowest BCUT2D eigenvalue weighted by molar-refractivity contribution is -0.125. The number of nitrogens with zero attached hydrogens (tertiary/aromatic N) is 1. The highest BCUT2D eigenvalue weighted by Gasteiger charge is 2.38. The molecule has 1 atom stereocenters. The van der Waals surface area contributed by atoms with Gasteiger partial charge in [0.15, 0.2) is 6.10 Å². The van der Waals surface area contributed by atoms with E-state index in [1.807, 2.05) is 19.1 Å². The lowest BCUT2D eigenvalue weighted by atomic mass is 10.2. The predicted molar refractivity (Wildman–Crippen MR) is 59.1 cm³/mol. The lowest BCUT2D eigenvalue weighted by Crippen LogP contribution is -2.27. The van der Waals surface area contributed by atoms with Gasteiger partial charge in [-0.3, -0.25) is 4.79 Å². The van der Waals surface area contributed by atoms with E-state index in [0.717, 1.165) is 18.4 Å². The number of benzene rings is 1. The summed E-state index contributed by atoms with van der Waals surface area (Å²) in [5, 5.41) is 2.45. The number of carbonyl (C=O) groups is 1. The molecule has 1 aliphatic rings. The molecule has 1 aliphatic carbocycles. The summed E-state index contributed by atoms with van der Waals surface area (Å²) in [6.07, 6.45) is 1.16. The first-order chi connectivity index (χ1) is 7.70. The molecule has 0 radical (unpaired) electrons. The van der Waals surface area contributed by atoms with Crippen molar-refractivity contribution >= 4 is 5.91 Å². The molecule has 84 valence electrons. The fraction of sp³-hybridized carbons (Fsp3) is 0.417. The number of aryl methyl sites for hydroxylation is 1. The van der Waals surface area contributed by atoms with E-state index in [9.17, 15) is 9.70 Å². The van der Waals surface area contributed by atoms with Gasteiger partial charge >= 0.3 is 5.91 Å². The molecule has 0 aromatic heterocycles. The Kier molecular flexibility index (Phi) is 2.99. The molecular weight excluding hydrogens is 206 g/mol. The average Bonchev–Trinajstić information content (AvgIpc) is 3.11. The third-order valence-corrected chi connectivity index (χ3v) is 2.67. The first-order valence-electron chi connectivity index (χ1n) is 5.31. The molecule has 0 N–H and O–H groups in total. The normalized spacial score (nSPS) is 16.6. The van der Waals surface area contributed by atoms with Crippen molar-refractivity contribution in [3.05, 3.63) is 34.7 Å². The van der Waals surface area contributed by atoms with Crippen molar-refractivity contribution in [2.45, 2.75) is 25.9 Å². The van der Waals surface area contributed by atoms with Crippen LogP contribution < -0.4 is 4.74 Å². The number of rotatable bonds is 4. The third kappa shape index (κ3) is 2.45. The van der Waals surface area contributed by atoms with E-state index in [1.165, 1.54) is 0 Å². The Hall–Kier alpha value is -1.71. The van der Waals surface area contributed by atoms with Gasteiger partial charge in [-0.05, 0) is 31.9 Å². The Balaban J connectivity index is 2.08. The van der Waals surface area contributed by atoms with Gasteiger partial charge in [0.05, 0.1) is 0 Å². The number of nitroso groups, excluding NO2 is 1. The van der Waals surface area contributed by atoms with Gasteiger partial charge in [0.1, 0.15) is 5.75 Å². The van der Waals surface area contributed by atoms with E-state index < -0.39 is 12.0 Å². The van der Waals surface area contributed by atoms with Crippen molar-refractivity contribution in [2.75, 3.05) is 0 Å². The average molecular weight is 219 g/mol. The summed E-state index contributed by atoms with van der Waals surface area (Å²) in [5.41, 5.74) is 1.12. The molecule has 2 rings (SSSR count). The minimum absolute atomic E-state index is 0.159. The van der Waals surface area contributed by atoms with E-state index in [0.29, 0.717) is 5.75 Å². The van der Waals surface area contributed by atoms with Gasteiger partial charge in [-0.25, -0.2) is 0 Å². The van der Waals surface area contributed by atoms with E-state index in [1.54, 1.807) is 12.1 Å². The largest absolute Gasteiger partial charge is 0.480 e. The fourth-order valence-corrected chi connectivity index (χ4v) is 1.56. The summed E-state index contributed by atoms with van der Waals surface area (Å²) in [5.74, 6) is 0.0640. The molecule has 4 nitrogen and oxygen atoms in total. The molecular formula is C12H13NO3. The minimum atomic E-state index is -0.705. The Morgan fingerprint density at radius 1 is 1.38 bits per heavy atom. The van der Waals surface area contributed by atoms with Crippen LogP contribution in [0.1, 0.15) is 18.4 Å². The second-order valence-electron chi connectivity index (χ2n) is 4.12. The van der Waals surface area contributed by atoms with Crippen molar-refractivity contribution in [3.63, 3.8) is 0 Å². The summed E-state index contributed by atoms with van der Waals surface area (Å²) in [4.78, 5) is 21.5. The van der Waals surface area contributed by atoms with Crippen LogP contribution >= 0.6 is 0 Å². The van der Waals surface area contributed by atoms with Crippen molar-refractivity contribution in [3.8, 4) is 5.75 Å². The molecule has 0 aliphatic heterocycles. The van der Waals surface area contributed by atoms with Crippen molar-refractivity contribution in [2.24, 2.45) is 11.1 Å². The highest BCUT2D eigenvalue weighted by atomic mass is 16.5. The number of amides is 1. The van der Waals surface area contributed by atoms with Gasteiger partial charge < -0.3 is 4.74 Å². The van der Waals surface area contributed by atoms with Crippen LogP contribution in [0.4, 0.5) is 0 Å². The molecule has 0 saturated heterocycles. The van der Waals surface area contributed by atoms with Gasteiger partial charge in [-0.15, -0.1) is 4.91 Å². The molecule has 0 spiro atoms. The Bertz CT molecular complexity index is 395. The summed E-state index contributed by atoms with van der Waals surface area (Å²) >= 11 is 0. The third-order valence-electron chi connectivity index (χ3n) is 2.67. The van der Waals surface area contributed by atoms with Crippen molar-refractivity contribution < 1.29 is 9.53 Å². The van der Waals surface area contributed by atoms with Crippen LogP contribution in [0, 0.1) is 17.7 Å². The van der Waals surface area contributed by atoms with Crippen LogP contribution in [-0.4, -0.2) is 12.0 Å². The smallest absolute Gasteiger partial charge is 0.326 e. The van der Waals surface area contributed by atoms with E-state index in [2.05, 4.69) is 5.18 Å². The number of ether oxygens (including phenoxy) is 1. The highest BCUT2D eigenvalue weighted by Crippen LogP contribution is 2.35. The van der Waals surface area contributed by atoms with Crippen LogP contribution in [-0.2, 0) is 4.79 Å². The standard InChI is InChI=1S/C12H13NO3/c1-8-2-6-10(7-3-8)16-11(9-4-5-9)12(14)13-15/h2-3,6-7,9,11H,4-5H2,1H3. The van der Waals surface area contributed by atoms with E-state index >= 15 is 0 Å². The Morgan fingerprint density at radius 3 is 2.50 bits per heavy atom. The molecule has 16 heavy (non-hydrogen) atoms. The summed E-state index contributed by atoms with van der Waals surface area (Å²) in [6, 6.07) is 7.39. The van der Waals surface area contributed by atoms with Gasteiger partial charge in [0.2, 0.25) is 0 Å². The summed E-state index contributed by atoms with van der Waals surface area (Å²) in [6.45, 7) is 1.97. The molecule has 0 bridgehead atoms. The molecule has 1 saturated carbocycles. The van der Waals surface area contributed by atoms with E-state index in [4.69, 9.17) is 4.74 Å². The zero-order chi connectivity index (χ0) is 11.5. The maximum atomic E-state index is 11.3. The van der Waals surface area contributed by atoms with Gasteiger partial charge in [-0.2, -0.15) is 0 Å². The van der Waals surface area contributed by atoms with Crippen LogP contribution in [0.15, 0.2) is 29.4 Å². The number of carbonyl (C=O) groups excluding carboxylic acids is 1. The first-order valence-corrected chi connectivity index (χ1v) is 5.31. The topological polar surface area (TPSA) is 55.7 Å². The highest BCUT2D eigenvalue weighted by molar-refractivity contribution is 5.82. The van der Waals surface area contributed by atoms with Crippen molar-refractivity contribution in [1.82, 2.24) is 0 Å². The molecule has 1 fully saturated rings. The second kappa shape index (κ2) is 4.43. The molecule has 1 aromatic carbocycles. The summed E-state index contributed by atoms with van der Waals surface area (Å²) < 4.78 is 5.50. The second-order valence-corrected chi connectivity index (χ2v) is 4.12. The van der Waals surface area contributed by atoms with Gasteiger partial charge in [0.25, 0.3) is 0 Å². The predicted octanol–water partition coefficient (Wildman–Crippen LogP) is 2.45. The minimum Gasteiger partial charge on any atom is -0.480 e. The molecule has 1 aromatic rings.